The van der Waals surface area contributed by atoms with E-state index in [0.29, 0.717) is 22.2 Å². The molecule has 168 valence electrons. The lowest BCUT2D eigenvalue weighted by molar-refractivity contribution is -0.126. The summed E-state index contributed by atoms with van der Waals surface area (Å²) >= 11 is 0. The van der Waals surface area contributed by atoms with Gasteiger partial charge in [-0.15, -0.1) is 6.58 Å². The van der Waals surface area contributed by atoms with Crippen LogP contribution in [0.4, 0.5) is 5.69 Å². The molecule has 0 radical (unpaired) electrons. The molecule has 0 unspecified atom stereocenters. The SMILES string of the molecule is C=CCN1C(=O)[C@]2(c3ccccc31)c1c(oc3cc(C)c(C)cc3c1=O)C(=O)N2CCOC. The molecule has 1 atom stereocenters. The molecule has 0 fully saturated rings. The first-order chi connectivity index (χ1) is 15.9. The third kappa shape index (κ3) is 2.63. The van der Waals surface area contributed by atoms with Gasteiger partial charge in [0.15, 0.2) is 11.0 Å². The van der Waals surface area contributed by atoms with E-state index in [9.17, 15) is 14.4 Å². The Labute approximate surface area is 190 Å². The third-order valence-corrected chi connectivity index (χ3v) is 6.68. The highest BCUT2D eigenvalue weighted by molar-refractivity contribution is 6.17. The Balaban J connectivity index is 1.91. The molecule has 2 aliphatic heterocycles. The van der Waals surface area contributed by atoms with Gasteiger partial charge in [0.05, 0.1) is 23.2 Å². The molecule has 3 aromatic rings. The maximum absolute atomic E-state index is 14.1. The van der Waals surface area contributed by atoms with E-state index in [2.05, 4.69) is 6.58 Å². The van der Waals surface area contributed by atoms with Crippen molar-refractivity contribution in [3.63, 3.8) is 0 Å². The van der Waals surface area contributed by atoms with Crippen molar-refractivity contribution in [3.05, 3.63) is 87.3 Å². The molecular weight excluding hydrogens is 420 g/mol. The number of anilines is 1. The number of para-hydroxylation sites is 1. The molecule has 0 saturated carbocycles. The van der Waals surface area contributed by atoms with Crippen molar-refractivity contribution >= 4 is 28.5 Å². The summed E-state index contributed by atoms with van der Waals surface area (Å²) < 4.78 is 11.3. The first-order valence-corrected chi connectivity index (χ1v) is 10.8. The smallest absolute Gasteiger partial charge is 0.291 e. The fraction of sp³-hybridized carbons (Fsp3) is 0.269. The van der Waals surface area contributed by atoms with Gasteiger partial charge in [-0.1, -0.05) is 24.3 Å². The van der Waals surface area contributed by atoms with Crippen LogP contribution in [0.2, 0.25) is 0 Å². The lowest BCUT2D eigenvalue weighted by Gasteiger charge is -2.34. The number of benzene rings is 2. The van der Waals surface area contributed by atoms with E-state index in [0.717, 1.165) is 11.1 Å². The number of nitrogens with zero attached hydrogens (tertiary/aromatic N) is 2. The van der Waals surface area contributed by atoms with Gasteiger partial charge in [0.1, 0.15) is 5.58 Å². The number of carbonyl (C=O) groups excluding carboxylic acids is 2. The van der Waals surface area contributed by atoms with Crippen LogP contribution in [0.5, 0.6) is 0 Å². The predicted molar refractivity (Wildman–Crippen MR) is 125 cm³/mol. The van der Waals surface area contributed by atoms with E-state index < -0.39 is 11.4 Å². The molecule has 33 heavy (non-hydrogen) atoms. The zero-order valence-electron chi connectivity index (χ0n) is 18.8. The fourth-order valence-corrected chi connectivity index (χ4v) is 5.04. The molecule has 3 heterocycles. The number of fused-ring (bicyclic) bond motifs is 5. The van der Waals surface area contributed by atoms with Crippen LogP contribution in [0.25, 0.3) is 11.0 Å². The Morgan fingerprint density at radius 2 is 1.85 bits per heavy atom. The number of amides is 2. The molecule has 1 aromatic heterocycles. The summed E-state index contributed by atoms with van der Waals surface area (Å²) in [7, 11) is 1.53. The Kier molecular flexibility index (Phi) is 4.76. The molecule has 0 aliphatic carbocycles. The molecule has 0 bridgehead atoms. The monoisotopic (exact) mass is 444 g/mol. The third-order valence-electron chi connectivity index (χ3n) is 6.68. The normalized spacial score (nSPS) is 19.0. The predicted octanol–water partition coefficient (Wildman–Crippen LogP) is 3.29. The maximum Gasteiger partial charge on any atom is 0.291 e. The number of carbonyl (C=O) groups is 2. The Morgan fingerprint density at radius 1 is 1.12 bits per heavy atom. The average molecular weight is 444 g/mol. The molecule has 5 rings (SSSR count). The molecule has 1 spiro atoms. The number of hydrogen-bond acceptors (Lipinski definition) is 5. The van der Waals surface area contributed by atoms with Crippen molar-refractivity contribution in [2.24, 2.45) is 0 Å². The van der Waals surface area contributed by atoms with Crippen LogP contribution in [0.1, 0.15) is 32.8 Å². The zero-order valence-corrected chi connectivity index (χ0v) is 18.8. The van der Waals surface area contributed by atoms with E-state index in [1.165, 1.54) is 12.0 Å². The van der Waals surface area contributed by atoms with Crippen molar-refractivity contribution in [2.75, 3.05) is 31.7 Å². The number of rotatable bonds is 5. The lowest BCUT2D eigenvalue weighted by Crippen LogP contribution is -2.54. The number of aryl methyl sites for hydroxylation is 2. The highest BCUT2D eigenvalue weighted by Crippen LogP contribution is 2.52. The first kappa shape index (κ1) is 21.2. The summed E-state index contributed by atoms with van der Waals surface area (Å²) in [6.07, 6.45) is 1.62. The number of hydrogen-bond donors (Lipinski definition) is 0. The first-order valence-electron chi connectivity index (χ1n) is 10.8. The quantitative estimate of drug-likeness (QED) is 0.564. The van der Waals surface area contributed by atoms with Crippen LogP contribution < -0.4 is 10.3 Å². The summed E-state index contributed by atoms with van der Waals surface area (Å²) in [5.74, 6) is -0.958. The zero-order chi connectivity index (χ0) is 23.5. The molecule has 2 amide bonds. The second-order valence-electron chi connectivity index (χ2n) is 8.45. The van der Waals surface area contributed by atoms with E-state index >= 15 is 0 Å². The molecule has 0 saturated heterocycles. The summed E-state index contributed by atoms with van der Waals surface area (Å²) in [4.78, 5) is 44.8. The Morgan fingerprint density at radius 3 is 2.58 bits per heavy atom. The van der Waals surface area contributed by atoms with Crippen molar-refractivity contribution in [1.82, 2.24) is 4.90 Å². The van der Waals surface area contributed by atoms with Gasteiger partial charge < -0.3 is 19.0 Å². The standard InChI is InChI=1S/C26H24N2O5/c1-5-10-27-19-9-7-6-8-18(19)26(25(27)31)21-22(29)17-13-15(2)16(3)14-20(17)33-23(21)24(30)28(26)11-12-32-4/h5-9,13-14H,1,10-12H2,2-4H3/t26-/m0/s1. The van der Waals surface area contributed by atoms with Gasteiger partial charge in [0.2, 0.25) is 5.76 Å². The second kappa shape index (κ2) is 7.42. The minimum atomic E-state index is -1.61. The Hall–Kier alpha value is -3.71. The summed E-state index contributed by atoms with van der Waals surface area (Å²) in [5, 5.41) is 0.352. The fourth-order valence-electron chi connectivity index (χ4n) is 5.04. The number of ether oxygens (including phenoxy) is 1. The molecule has 7 nitrogen and oxygen atoms in total. The van der Waals surface area contributed by atoms with Gasteiger partial charge in [-0.05, 0) is 43.2 Å². The van der Waals surface area contributed by atoms with Gasteiger partial charge in [-0.3, -0.25) is 14.4 Å². The summed E-state index contributed by atoms with van der Waals surface area (Å²) in [5.41, 5.74) is 1.52. The minimum absolute atomic E-state index is 0.0726. The van der Waals surface area contributed by atoms with Crippen molar-refractivity contribution in [3.8, 4) is 0 Å². The minimum Gasteiger partial charge on any atom is -0.450 e. The van der Waals surface area contributed by atoms with Gasteiger partial charge in [-0.25, -0.2) is 0 Å². The van der Waals surface area contributed by atoms with Crippen molar-refractivity contribution in [2.45, 2.75) is 19.4 Å². The van der Waals surface area contributed by atoms with Gasteiger partial charge in [0.25, 0.3) is 11.8 Å². The van der Waals surface area contributed by atoms with Crippen LogP contribution in [-0.2, 0) is 15.1 Å². The van der Waals surface area contributed by atoms with Gasteiger partial charge in [-0.2, -0.15) is 0 Å². The van der Waals surface area contributed by atoms with Gasteiger partial charge in [0, 0.05) is 25.8 Å². The van der Waals surface area contributed by atoms with Crippen LogP contribution in [0, 0.1) is 13.8 Å². The highest BCUT2D eigenvalue weighted by atomic mass is 16.5. The van der Waals surface area contributed by atoms with Crippen LogP contribution in [0.3, 0.4) is 0 Å². The maximum atomic E-state index is 14.1. The van der Waals surface area contributed by atoms with E-state index in [1.807, 2.05) is 26.0 Å². The van der Waals surface area contributed by atoms with E-state index in [1.54, 1.807) is 35.2 Å². The molecule has 7 heteroatoms. The molecule has 2 aliphatic rings. The molecular formula is C26H24N2O5. The van der Waals surface area contributed by atoms with Crippen LogP contribution >= 0.6 is 0 Å². The average Bonchev–Trinajstić information content (AvgIpc) is 3.19. The number of methoxy groups -OCH3 is 1. The largest absolute Gasteiger partial charge is 0.450 e. The lowest BCUT2D eigenvalue weighted by atomic mass is 9.84. The van der Waals surface area contributed by atoms with E-state index in [-0.39, 0.29) is 42.4 Å². The van der Waals surface area contributed by atoms with Crippen molar-refractivity contribution in [1.29, 1.82) is 0 Å². The summed E-state index contributed by atoms with van der Waals surface area (Å²) in [6.45, 7) is 8.17. The topological polar surface area (TPSA) is 80.1 Å². The second-order valence-corrected chi connectivity index (χ2v) is 8.45. The van der Waals surface area contributed by atoms with Crippen LogP contribution in [0.15, 0.2) is 58.3 Å². The van der Waals surface area contributed by atoms with E-state index in [4.69, 9.17) is 9.15 Å². The van der Waals surface area contributed by atoms with Gasteiger partial charge >= 0.3 is 0 Å². The van der Waals surface area contributed by atoms with Crippen molar-refractivity contribution < 1.29 is 18.7 Å². The van der Waals surface area contributed by atoms with Crippen LogP contribution in [-0.4, -0.2) is 43.5 Å². The highest BCUT2D eigenvalue weighted by Gasteiger charge is 2.64. The summed E-state index contributed by atoms with van der Waals surface area (Å²) in [6, 6.07) is 10.8. The Bertz CT molecular complexity index is 1410. The molecule has 2 aromatic carbocycles. The molecule has 0 N–H and O–H groups in total.